The van der Waals surface area contributed by atoms with Crippen LogP contribution < -0.4 is 26.6 Å². The molecule has 2 aromatic carbocycles. The lowest BCUT2D eigenvalue weighted by atomic mass is 9.76. The molecule has 1 aliphatic carbocycles. The van der Waals surface area contributed by atoms with E-state index in [1.54, 1.807) is 37.4 Å². The second-order valence-electron chi connectivity index (χ2n) is 9.86. The Morgan fingerprint density at radius 3 is 2.52 bits per heavy atom. The topological polar surface area (TPSA) is 110 Å². The van der Waals surface area contributed by atoms with Crippen LogP contribution in [0.15, 0.2) is 65.2 Å². The second-order valence-corrected chi connectivity index (χ2v) is 9.86. The summed E-state index contributed by atoms with van der Waals surface area (Å²) in [5, 5.41) is 9.29. The zero-order valence-electron chi connectivity index (χ0n) is 22.3. The van der Waals surface area contributed by atoms with Crippen LogP contribution in [0.4, 0.5) is 4.39 Å². The maximum atomic E-state index is 13.6. The number of furan rings is 1. The van der Waals surface area contributed by atoms with Gasteiger partial charge in [0.1, 0.15) is 22.5 Å². The van der Waals surface area contributed by atoms with Crippen molar-refractivity contribution in [3.8, 4) is 11.3 Å². The van der Waals surface area contributed by atoms with E-state index in [1.807, 2.05) is 24.4 Å². The number of hydrogen-bond acceptors (Lipinski definition) is 6. The summed E-state index contributed by atoms with van der Waals surface area (Å²) < 4.78 is 24.8. The molecule has 9 heteroatoms. The van der Waals surface area contributed by atoms with Gasteiger partial charge in [0, 0.05) is 35.5 Å². The summed E-state index contributed by atoms with van der Waals surface area (Å²) in [6.07, 6.45) is 7.92. The molecular formula is C31H30FN3O5. The maximum Gasteiger partial charge on any atom is 0.331 e. The van der Waals surface area contributed by atoms with Gasteiger partial charge in [-0.05, 0) is 79.9 Å². The average Bonchev–Trinajstić information content (AvgIpc) is 3.62. The molecular weight excluding hydrogens is 513 g/mol. The summed E-state index contributed by atoms with van der Waals surface area (Å²) in [7, 11) is 2.86. The first-order valence-electron chi connectivity index (χ1n) is 13.1. The van der Waals surface area contributed by atoms with Crippen LogP contribution in [0.3, 0.4) is 0 Å². The molecule has 0 radical (unpaired) electrons. The van der Waals surface area contributed by atoms with E-state index < -0.39 is 11.5 Å². The third-order valence-electron chi connectivity index (χ3n) is 7.36. The molecule has 0 atom stereocenters. The number of halogens is 1. The number of carbonyl (C=O) groups is 3. The van der Waals surface area contributed by atoms with E-state index in [0.717, 1.165) is 17.6 Å². The first-order chi connectivity index (χ1) is 19.3. The van der Waals surface area contributed by atoms with Crippen molar-refractivity contribution >= 4 is 29.4 Å². The molecule has 0 saturated heterocycles. The van der Waals surface area contributed by atoms with Crippen molar-refractivity contribution in [2.75, 3.05) is 20.7 Å². The SMILES string of the molecule is CNC(=O)c1c(-c2ccc(F)cc2)oc(=C2\C=CNC2)/c1=C\Cc1cccc(C(=O)NC2(C(=O)OC)CCC2)c1. The van der Waals surface area contributed by atoms with E-state index >= 15 is 0 Å². The highest BCUT2D eigenvalue weighted by atomic mass is 19.1. The van der Waals surface area contributed by atoms with Gasteiger partial charge in [-0.25, -0.2) is 9.18 Å². The van der Waals surface area contributed by atoms with E-state index in [0.29, 0.717) is 58.9 Å². The minimum atomic E-state index is -0.973. The number of amides is 2. The Kier molecular flexibility index (Phi) is 7.55. The van der Waals surface area contributed by atoms with Gasteiger partial charge >= 0.3 is 5.97 Å². The Hall–Kier alpha value is -4.66. The number of nitrogens with one attached hydrogen (secondary N) is 3. The molecule has 2 aliphatic rings. The highest BCUT2D eigenvalue weighted by Crippen LogP contribution is 2.33. The molecule has 1 aromatic heterocycles. The quantitative estimate of drug-likeness (QED) is 0.396. The first-order valence-corrected chi connectivity index (χ1v) is 13.1. The number of rotatable bonds is 7. The molecule has 1 saturated carbocycles. The summed E-state index contributed by atoms with van der Waals surface area (Å²) >= 11 is 0. The summed E-state index contributed by atoms with van der Waals surface area (Å²) in [6.45, 7) is 0.530. The molecule has 206 valence electrons. The Morgan fingerprint density at radius 1 is 1.12 bits per heavy atom. The normalized spacial score (nSPS) is 17.1. The summed E-state index contributed by atoms with van der Waals surface area (Å²) in [5.41, 5.74) is 2.60. The highest BCUT2D eigenvalue weighted by Gasteiger charge is 2.46. The molecule has 3 aromatic rings. The monoisotopic (exact) mass is 543 g/mol. The van der Waals surface area contributed by atoms with Gasteiger partial charge in [-0.1, -0.05) is 18.2 Å². The zero-order chi connectivity index (χ0) is 28.3. The smallest absolute Gasteiger partial charge is 0.331 e. The van der Waals surface area contributed by atoms with Crippen molar-refractivity contribution in [3.63, 3.8) is 0 Å². The van der Waals surface area contributed by atoms with Crippen LogP contribution in [0.1, 0.15) is 45.5 Å². The van der Waals surface area contributed by atoms with Crippen molar-refractivity contribution < 1.29 is 27.9 Å². The van der Waals surface area contributed by atoms with E-state index in [-0.39, 0.29) is 17.6 Å². The van der Waals surface area contributed by atoms with Crippen molar-refractivity contribution in [2.45, 2.75) is 31.2 Å². The van der Waals surface area contributed by atoms with Crippen LogP contribution in [0, 0.1) is 5.82 Å². The average molecular weight is 544 g/mol. The lowest BCUT2D eigenvalue weighted by molar-refractivity contribution is -0.152. The van der Waals surface area contributed by atoms with Crippen LogP contribution in [0.2, 0.25) is 0 Å². The van der Waals surface area contributed by atoms with Gasteiger partial charge in [-0.3, -0.25) is 9.59 Å². The minimum absolute atomic E-state index is 0.335. The number of hydrogen-bond donors (Lipinski definition) is 3. The van der Waals surface area contributed by atoms with Crippen LogP contribution >= 0.6 is 0 Å². The molecule has 0 bridgehead atoms. The Morgan fingerprint density at radius 2 is 1.90 bits per heavy atom. The Labute approximate surface area is 230 Å². The van der Waals surface area contributed by atoms with Gasteiger partial charge in [0.25, 0.3) is 11.8 Å². The van der Waals surface area contributed by atoms with Crippen molar-refractivity contribution in [1.82, 2.24) is 16.0 Å². The Balaban J connectivity index is 1.54. The van der Waals surface area contributed by atoms with Gasteiger partial charge in [0.15, 0.2) is 0 Å². The second kappa shape index (κ2) is 11.2. The molecule has 8 nitrogen and oxygen atoms in total. The molecule has 3 N–H and O–H groups in total. The van der Waals surface area contributed by atoms with Gasteiger partial charge < -0.3 is 25.1 Å². The van der Waals surface area contributed by atoms with Crippen LogP contribution in [-0.2, 0) is 16.0 Å². The first kappa shape index (κ1) is 26.9. The number of ether oxygens (including phenoxy) is 1. The van der Waals surface area contributed by atoms with Crippen molar-refractivity contribution in [3.05, 3.63) is 93.9 Å². The van der Waals surface area contributed by atoms with Crippen molar-refractivity contribution in [1.29, 1.82) is 0 Å². The molecule has 0 unspecified atom stereocenters. The third kappa shape index (κ3) is 5.14. The van der Waals surface area contributed by atoms with E-state index in [4.69, 9.17) is 9.15 Å². The fraction of sp³-hybridized carbons (Fsp3) is 0.258. The summed E-state index contributed by atoms with van der Waals surface area (Å²) in [5.74, 6) is -1.16. The molecule has 5 rings (SSSR count). The molecule has 2 amide bonds. The lowest BCUT2D eigenvalue weighted by Crippen LogP contribution is -2.59. The zero-order valence-corrected chi connectivity index (χ0v) is 22.3. The number of carbonyl (C=O) groups excluding carboxylic acids is 3. The number of methoxy groups -OCH3 is 1. The molecule has 1 aliphatic heterocycles. The van der Waals surface area contributed by atoms with E-state index in [1.165, 1.54) is 19.2 Å². The van der Waals surface area contributed by atoms with Gasteiger partial charge in [-0.2, -0.15) is 0 Å². The third-order valence-corrected chi connectivity index (χ3v) is 7.36. The fourth-order valence-corrected chi connectivity index (χ4v) is 5.03. The predicted molar refractivity (Wildman–Crippen MR) is 148 cm³/mol. The molecule has 1 fully saturated rings. The molecule has 2 heterocycles. The maximum absolute atomic E-state index is 13.6. The fourth-order valence-electron chi connectivity index (χ4n) is 5.03. The van der Waals surface area contributed by atoms with Crippen LogP contribution in [-0.4, -0.2) is 44.0 Å². The highest BCUT2D eigenvalue weighted by molar-refractivity contribution is 6.00. The van der Waals surface area contributed by atoms with Gasteiger partial charge in [0.2, 0.25) is 0 Å². The standard InChI is InChI=1S/C31H30FN3O5/c1-33-29(37)25-24(26(22-13-16-34-18-22)40-27(25)20-8-10-23(32)11-9-20)12-7-19-5-3-6-21(17-19)28(36)35-31(14-4-15-31)30(38)39-2/h3,5-6,8-13,16-17,34H,4,7,14-15,18H2,1-2H3,(H,33,37)(H,35,36)/b24-12-,26-22+. The minimum Gasteiger partial charge on any atom is -0.467 e. The number of esters is 1. The van der Waals surface area contributed by atoms with Crippen LogP contribution in [0.25, 0.3) is 23.0 Å². The van der Waals surface area contributed by atoms with Gasteiger partial charge in [-0.15, -0.1) is 0 Å². The molecule has 40 heavy (non-hydrogen) atoms. The largest absolute Gasteiger partial charge is 0.467 e. The van der Waals surface area contributed by atoms with E-state index in [2.05, 4.69) is 16.0 Å². The van der Waals surface area contributed by atoms with Gasteiger partial charge in [0.05, 0.1) is 12.7 Å². The van der Waals surface area contributed by atoms with E-state index in [9.17, 15) is 18.8 Å². The van der Waals surface area contributed by atoms with Crippen LogP contribution in [0.5, 0.6) is 0 Å². The summed E-state index contributed by atoms with van der Waals surface area (Å²) in [6, 6.07) is 12.9. The van der Waals surface area contributed by atoms with Crippen molar-refractivity contribution in [2.24, 2.45) is 0 Å². The predicted octanol–water partition coefficient (Wildman–Crippen LogP) is 2.56. The summed E-state index contributed by atoms with van der Waals surface area (Å²) in [4.78, 5) is 38.4. The number of benzene rings is 2. The Bertz CT molecular complexity index is 1620. The molecule has 0 spiro atoms. The lowest BCUT2D eigenvalue weighted by Gasteiger charge is -2.39.